The molecule has 0 aromatic heterocycles. The topological polar surface area (TPSA) is 76.1 Å². The number of hydrogen-bond donors (Lipinski definition) is 1. The van der Waals surface area contributed by atoms with Gasteiger partial charge in [-0.15, -0.1) is 0 Å². The highest BCUT2D eigenvalue weighted by molar-refractivity contribution is 9.10. The molecule has 2 aromatic rings. The van der Waals surface area contributed by atoms with E-state index in [0.717, 1.165) is 11.6 Å². The summed E-state index contributed by atoms with van der Waals surface area (Å²) in [7, 11) is 0. The van der Waals surface area contributed by atoms with Crippen LogP contribution in [0.25, 0.3) is 0 Å². The Labute approximate surface area is 211 Å². The molecule has 188 valence electrons. The Morgan fingerprint density at radius 3 is 2.66 bits per heavy atom. The zero-order valence-electron chi connectivity index (χ0n) is 19.5. The summed E-state index contributed by atoms with van der Waals surface area (Å²) in [5.74, 6) is -3.91. The number of halogens is 3. The zero-order valence-corrected chi connectivity index (χ0v) is 21.1. The minimum atomic E-state index is -3.50. The van der Waals surface area contributed by atoms with Crippen molar-refractivity contribution in [3.05, 3.63) is 81.8 Å². The van der Waals surface area contributed by atoms with Crippen molar-refractivity contribution in [1.82, 2.24) is 4.90 Å². The third-order valence-electron chi connectivity index (χ3n) is 5.54. The van der Waals surface area contributed by atoms with Crippen molar-refractivity contribution in [1.29, 1.82) is 0 Å². The Kier molecular flexibility index (Phi) is 9.02. The highest BCUT2D eigenvalue weighted by Crippen LogP contribution is 2.34. The molecule has 0 radical (unpaired) electrons. The van der Waals surface area contributed by atoms with Gasteiger partial charge in [0, 0.05) is 23.0 Å². The Morgan fingerprint density at radius 2 is 2.00 bits per heavy atom. The van der Waals surface area contributed by atoms with Crippen molar-refractivity contribution < 1.29 is 33.0 Å². The predicted octanol–water partition coefficient (Wildman–Crippen LogP) is 5.48. The lowest BCUT2D eigenvalue weighted by atomic mass is 10.0. The van der Waals surface area contributed by atoms with Crippen molar-refractivity contribution in [2.24, 2.45) is 0 Å². The Morgan fingerprint density at radius 1 is 1.29 bits per heavy atom. The number of aliphatic hydroxyl groups is 1. The van der Waals surface area contributed by atoms with E-state index in [9.17, 15) is 23.5 Å². The maximum atomic E-state index is 14.7. The van der Waals surface area contributed by atoms with Gasteiger partial charge < -0.3 is 19.5 Å². The number of aliphatic hydroxyl groups excluding tert-OH is 1. The molecule has 0 bridgehead atoms. The lowest BCUT2D eigenvalue weighted by Gasteiger charge is -2.33. The number of alkyl halides is 2. The van der Waals surface area contributed by atoms with Gasteiger partial charge in [0.05, 0.1) is 24.3 Å². The van der Waals surface area contributed by atoms with Crippen LogP contribution in [-0.4, -0.2) is 53.5 Å². The number of amides is 1. The second-order valence-electron chi connectivity index (χ2n) is 8.53. The lowest BCUT2D eigenvalue weighted by molar-refractivity contribution is -0.0930. The van der Waals surface area contributed by atoms with Crippen LogP contribution < -0.4 is 0 Å². The predicted molar refractivity (Wildman–Crippen MR) is 130 cm³/mol. The van der Waals surface area contributed by atoms with Gasteiger partial charge in [-0.1, -0.05) is 52.3 Å². The first kappa shape index (κ1) is 26.8. The van der Waals surface area contributed by atoms with E-state index in [1.807, 2.05) is 0 Å². The maximum absolute atomic E-state index is 14.7. The number of hydrogen-bond acceptors (Lipinski definition) is 5. The number of cyclic esters (lactones) is 1. The smallest absolute Gasteiger partial charge is 0.410 e. The van der Waals surface area contributed by atoms with Gasteiger partial charge in [0.2, 0.25) is 0 Å². The van der Waals surface area contributed by atoms with Gasteiger partial charge in [0.1, 0.15) is 6.10 Å². The van der Waals surface area contributed by atoms with Gasteiger partial charge in [-0.3, -0.25) is 0 Å². The standard InChI is InChI=1S/C26H28BrF2NO5/c1-17(2)35-24(32)19-8-6-18(7-9-19)12-14-30-22(13-15-34-25(30)33)10-11-23(31)26(28,29)20-4-3-5-21(27)16-20/h3-11,16-17,22-23,31H,12-15H2,1-2H3. The minimum Gasteiger partial charge on any atom is -0.459 e. The van der Waals surface area contributed by atoms with Gasteiger partial charge in [-0.25, -0.2) is 9.59 Å². The fourth-order valence-corrected chi connectivity index (χ4v) is 4.06. The van der Waals surface area contributed by atoms with Crippen LogP contribution in [0, 0.1) is 0 Å². The van der Waals surface area contributed by atoms with Crippen LogP contribution in [0.4, 0.5) is 13.6 Å². The van der Waals surface area contributed by atoms with E-state index in [4.69, 9.17) is 9.47 Å². The lowest BCUT2D eigenvalue weighted by Crippen LogP contribution is -2.45. The molecule has 6 nitrogen and oxygen atoms in total. The second-order valence-corrected chi connectivity index (χ2v) is 9.44. The molecule has 1 saturated heterocycles. The second kappa shape index (κ2) is 11.8. The summed E-state index contributed by atoms with van der Waals surface area (Å²) in [5.41, 5.74) is 0.999. The zero-order chi connectivity index (χ0) is 25.6. The van der Waals surface area contributed by atoms with Gasteiger partial charge in [-0.05, 0) is 50.1 Å². The van der Waals surface area contributed by atoms with E-state index >= 15 is 0 Å². The van der Waals surface area contributed by atoms with E-state index in [2.05, 4.69) is 15.9 Å². The largest absolute Gasteiger partial charge is 0.459 e. The normalized spacial score (nSPS) is 17.5. The van der Waals surface area contributed by atoms with E-state index in [1.165, 1.54) is 29.2 Å². The van der Waals surface area contributed by atoms with Gasteiger partial charge in [0.25, 0.3) is 0 Å². The summed E-state index contributed by atoms with van der Waals surface area (Å²) in [6.07, 6.45) is 0.526. The molecule has 3 rings (SSSR count). The molecule has 1 heterocycles. The molecule has 2 unspecified atom stereocenters. The quantitative estimate of drug-likeness (QED) is 0.330. The van der Waals surface area contributed by atoms with Gasteiger partial charge in [-0.2, -0.15) is 8.78 Å². The summed E-state index contributed by atoms with van der Waals surface area (Å²) >= 11 is 3.16. The van der Waals surface area contributed by atoms with Crippen molar-refractivity contribution in [2.45, 2.75) is 50.9 Å². The molecule has 2 aromatic carbocycles. The fraction of sp³-hybridized carbons (Fsp3) is 0.385. The SMILES string of the molecule is CC(C)OC(=O)c1ccc(CCN2C(=O)OCCC2C=CC(O)C(F)(F)c2cccc(Br)c2)cc1. The van der Waals surface area contributed by atoms with Crippen LogP contribution in [0.5, 0.6) is 0 Å². The first-order valence-electron chi connectivity index (χ1n) is 11.3. The number of rotatable bonds is 9. The van der Waals surface area contributed by atoms with Crippen LogP contribution in [0.2, 0.25) is 0 Å². The number of esters is 1. The molecule has 0 spiro atoms. The third-order valence-corrected chi connectivity index (χ3v) is 6.04. The number of carbonyl (C=O) groups excluding carboxylic acids is 2. The van der Waals surface area contributed by atoms with E-state index in [-0.39, 0.29) is 24.8 Å². The molecular weight excluding hydrogens is 524 g/mol. The number of carbonyl (C=O) groups is 2. The molecule has 0 saturated carbocycles. The van der Waals surface area contributed by atoms with Crippen molar-refractivity contribution in [3.8, 4) is 0 Å². The van der Waals surface area contributed by atoms with E-state index in [0.29, 0.717) is 22.9 Å². The van der Waals surface area contributed by atoms with Gasteiger partial charge >= 0.3 is 18.0 Å². The van der Waals surface area contributed by atoms with Crippen LogP contribution in [0.3, 0.4) is 0 Å². The first-order valence-corrected chi connectivity index (χ1v) is 12.1. The van der Waals surface area contributed by atoms with Crippen LogP contribution >= 0.6 is 15.9 Å². The number of nitrogens with zero attached hydrogens (tertiary/aromatic N) is 1. The molecule has 2 atom stereocenters. The monoisotopic (exact) mass is 551 g/mol. The van der Waals surface area contributed by atoms with Crippen molar-refractivity contribution in [2.75, 3.05) is 13.2 Å². The Bertz CT molecular complexity index is 1060. The van der Waals surface area contributed by atoms with E-state index in [1.54, 1.807) is 44.2 Å². The highest BCUT2D eigenvalue weighted by atomic mass is 79.9. The molecule has 1 fully saturated rings. The summed E-state index contributed by atoms with van der Waals surface area (Å²) in [6, 6.07) is 12.0. The summed E-state index contributed by atoms with van der Waals surface area (Å²) in [4.78, 5) is 25.8. The fourth-order valence-electron chi connectivity index (χ4n) is 3.66. The summed E-state index contributed by atoms with van der Waals surface area (Å²) < 4.78 is 40.2. The van der Waals surface area contributed by atoms with Crippen molar-refractivity contribution in [3.63, 3.8) is 0 Å². The molecule has 9 heteroatoms. The van der Waals surface area contributed by atoms with E-state index < -0.39 is 30.1 Å². The molecular formula is C26H28BrF2NO5. The average Bonchev–Trinajstić information content (AvgIpc) is 2.81. The third kappa shape index (κ3) is 7.11. The van der Waals surface area contributed by atoms with Gasteiger partial charge in [0.15, 0.2) is 0 Å². The molecule has 1 aliphatic rings. The molecule has 0 aliphatic carbocycles. The molecule has 1 aliphatic heterocycles. The summed E-state index contributed by atoms with van der Waals surface area (Å²) in [6.45, 7) is 3.99. The molecule has 1 N–H and O–H groups in total. The molecule has 1 amide bonds. The molecule has 35 heavy (non-hydrogen) atoms. The maximum Gasteiger partial charge on any atom is 0.410 e. The van der Waals surface area contributed by atoms with Crippen LogP contribution in [-0.2, 0) is 21.8 Å². The van der Waals surface area contributed by atoms with Crippen LogP contribution in [0.1, 0.15) is 41.8 Å². The first-order chi connectivity index (χ1) is 16.6. The van der Waals surface area contributed by atoms with Crippen LogP contribution in [0.15, 0.2) is 65.2 Å². The number of ether oxygens (including phenoxy) is 2. The highest BCUT2D eigenvalue weighted by Gasteiger charge is 2.39. The van der Waals surface area contributed by atoms with Crippen molar-refractivity contribution >= 4 is 28.0 Å². The summed E-state index contributed by atoms with van der Waals surface area (Å²) in [5, 5.41) is 10.2. The minimum absolute atomic E-state index is 0.162. The number of benzene rings is 2. The Balaban J connectivity index is 1.65. The Hall–Kier alpha value is -2.78. The average molecular weight is 552 g/mol.